The van der Waals surface area contributed by atoms with E-state index in [0.29, 0.717) is 5.92 Å². The molecule has 3 heteroatoms. The van der Waals surface area contributed by atoms with Crippen LogP contribution in [0.15, 0.2) is 0 Å². The van der Waals surface area contributed by atoms with Crippen LogP contribution in [0.4, 0.5) is 0 Å². The predicted molar refractivity (Wildman–Crippen MR) is 42.3 cm³/mol. The van der Waals surface area contributed by atoms with Gasteiger partial charge in [-0.3, -0.25) is 0 Å². The van der Waals surface area contributed by atoms with Crippen molar-refractivity contribution in [3.8, 4) is 0 Å². The topological polar surface area (TPSA) is 78.1 Å². The minimum Gasteiger partial charge on any atom is -0.330 e. The van der Waals surface area contributed by atoms with E-state index in [0.717, 1.165) is 25.8 Å². The smallest absolute Gasteiger partial charge is 0.00566 e. The van der Waals surface area contributed by atoms with Crippen LogP contribution in [-0.2, 0) is 0 Å². The molecule has 1 rings (SSSR count). The van der Waals surface area contributed by atoms with E-state index in [1.807, 2.05) is 0 Å². The molecule has 1 unspecified atom stereocenters. The molecule has 3 nitrogen and oxygen atoms in total. The van der Waals surface area contributed by atoms with Gasteiger partial charge in [-0.15, -0.1) is 0 Å². The van der Waals surface area contributed by atoms with E-state index >= 15 is 0 Å². The van der Waals surface area contributed by atoms with Crippen molar-refractivity contribution in [1.82, 2.24) is 0 Å². The summed E-state index contributed by atoms with van der Waals surface area (Å²) in [5, 5.41) is 0. The van der Waals surface area contributed by atoms with Crippen molar-refractivity contribution in [2.75, 3.05) is 6.54 Å². The van der Waals surface area contributed by atoms with Crippen LogP contribution in [0.3, 0.4) is 0 Å². The second-order valence-electron chi connectivity index (χ2n) is 3.33. The van der Waals surface area contributed by atoms with Crippen molar-refractivity contribution in [3.63, 3.8) is 0 Å². The molecule has 1 aliphatic rings. The molecule has 1 saturated carbocycles. The SMILES string of the molecule is NCC1C[C@@H](N)C[C@@H](N)C1. The van der Waals surface area contributed by atoms with Crippen molar-refractivity contribution >= 4 is 0 Å². The first-order chi connectivity index (χ1) is 4.72. The Labute approximate surface area is 61.9 Å². The van der Waals surface area contributed by atoms with Crippen LogP contribution in [0.1, 0.15) is 19.3 Å². The van der Waals surface area contributed by atoms with E-state index in [1.54, 1.807) is 0 Å². The van der Waals surface area contributed by atoms with Gasteiger partial charge in [-0.25, -0.2) is 0 Å². The van der Waals surface area contributed by atoms with Crippen LogP contribution in [-0.4, -0.2) is 18.6 Å². The molecule has 0 spiro atoms. The number of hydrogen-bond donors (Lipinski definition) is 3. The Morgan fingerprint density at radius 3 is 1.90 bits per heavy atom. The zero-order valence-corrected chi connectivity index (χ0v) is 6.29. The molecule has 0 radical (unpaired) electrons. The third kappa shape index (κ3) is 1.94. The summed E-state index contributed by atoms with van der Waals surface area (Å²) in [4.78, 5) is 0. The third-order valence-corrected chi connectivity index (χ3v) is 2.21. The number of hydrogen-bond acceptors (Lipinski definition) is 3. The molecule has 1 aliphatic carbocycles. The van der Waals surface area contributed by atoms with Gasteiger partial charge >= 0.3 is 0 Å². The molecule has 1 fully saturated rings. The van der Waals surface area contributed by atoms with E-state index < -0.39 is 0 Å². The van der Waals surface area contributed by atoms with Gasteiger partial charge in [-0.1, -0.05) is 0 Å². The molecule has 0 aromatic carbocycles. The predicted octanol–water partition coefficient (Wildman–Crippen LogP) is -0.600. The molecular weight excluding hydrogens is 126 g/mol. The number of nitrogens with two attached hydrogens (primary N) is 3. The zero-order valence-electron chi connectivity index (χ0n) is 6.29. The molecule has 0 aromatic heterocycles. The fourth-order valence-electron chi connectivity index (χ4n) is 1.73. The Morgan fingerprint density at radius 1 is 1.00 bits per heavy atom. The summed E-state index contributed by atoms with van der Waals surface area (Å²) in [6, 6.07) is 0.578. The summed E-state index contributed by atoms with van der Waals surface area (Å²) in [7, 11) is 0. The molecule has 60 valence electrons. The molecule has 0 saturated heterocycles. The van der Waals surface area contributed by atoms with Gasteiger partial charge < -0.3 is 17.2 Å². The first-order valence-electron chi connectivity index (χ1n) is 3.93. The fraction of sp³-hybridized carbons (Fsp3) is 1.00. The average molecular weight is 143 g/mol. The lowest BCUT2D eigenvalue weighted by atomic mass is 9.83. The second-order valence-corrected chi connectivity index (χ2v) is 3.33. The van der Waals surface area contributed by atoms with Gasteiger partial charge in [0.2, 0.25) is 0 Å². The minimum atomic E-state index is 0.289. The largest absolute Gasteiger partial charge is 0.330 e. The summed E-state index contributed by atoms with van der Waals surface area (Å²) >= 11 is 0. The van der Waals surface area contributed by atoms with Gasteiger partial charge in [0.05, 0.1) is 0 Å². The van der Waals surface area contributed by atoms with Crippen molar-refractivity contribution < 1.29 is 0 Å². The van der Waals surface area contributed by atoms with E-state index in [2.05, 4.69) is 0 Å². The lowest BCUT2D eigenvalue weighted by molar-refractivity contribution is 0.296. The highest BCUT2D eigenvalue weighted by molar-refractivity contribution is 4.82. The molecule has 0 heterocycles. The minimum absolute atomic E-state index is 0.289. The van der Waals surface area contributed by atoms with E-state index in [-0.39, 0.29) is 12.1 Å². The van der Waals surface area contributed by atoms with Crippen molar-refractivity contribution in [2.24, 2.45) is 23.1 Å². The summed E-state index contributed by atoms with van der Waals surface area (Å²) in [5.41, 5.74) is 17.0. The Kier molecular flexibility index (Phi) is 2.65. The van der Waals surface area contributed by atoms with Crippen LogP contribution in [0, 0.1) is 5.92 Å². The highest BCUT2D eigenvalue weighted by Gasteiger charge is 2.22. The average Bonchev–Trinajstić information content (AvgIpc) is 1.85. The molecule has 3 atom stereocenters. The summed E-state index contributed by atoms with van der Waals surface area (Å²) in [6.07, 6.45) is 3.09. The van der Waals surface area contributed by atoms with Crippen LogP contribution in [0.25, 0.3) is 0 Å². The van der Waals surface area contributed by atoms with Gasteiger partial charge in [0.15, 0.2) is 0 Å². The van der Waals surface area contributed by atoms with Gasteiger partial charge in [-0.2, -0.15) is 0 Å². The number of rotatable bonds is 1. The van der Waals surface area contributed by atoms with Crippen LogP contribution >= 0.6 is 0 Å². The molecule has 0 bridgehead atoms. The summed E-state index contributed by atoms with van der Waals surface area (Å²) in [5.74, 6) is 0.568. The first-order valence-corrected chi connectivity index (χ1v) is 3.93. The summed E-state index contributed by atoms with van der Waals surface area (Å²) < 4.78 is 0. The second kappa shape index (κ2) is 3.32. The highest BCUT2D eigenvalue weighted by atomic mass is 14.7. The van der Waals surface area contributed by atoms with Crippen LogP contribution in [0.2, 0.25) is 0 Å². The van der Waals surface area contributed by atoms with Crippen molar-refractivity contribution in [3.05, 3.63) is 0 Å². The van der Waals surface area contributed by atoms with Gasteiger partial charge in [0.1, 0.15) is 0 Å². The molecule has 0 aromatic rings. The third-order valence-electron chi connectivity index (χ3n) is 2.21. The maximum absolute atomic E-state index is 5.76. The molecular formula is C7H17N3. The Balaban J connectivity index is 2.35. The maximum atomic E-state index is 5.76. The van der Waals surface area contributed by atoms with E-state index in [1.165, 1.54) is 0 Å². The van der Waals surface area contributed by atoms with E-state index in [4.69, 9.17) is 17.2 Å². The van der Waals surface area contributed by atoms with Crippen LogP contribution < -0.4 is 17.2 Å². The molecule has 0 aliphatic heterocycles. The summed E-state index contributed by atoms with van der Waals surface area (Å²) in [6.45, 7) is 0.738. The molecule has 6 N–H and O–H groups in total. The van der Waals surface area contributed by atoms with Gasteiger partial charge in [0.25, 0.3) is 0 Å². The quantitative estimate of drug-likeness (QED) is 0.458. The zero-order chi connectivity index (χ0) is 7.56. The van der Waals surface area contributed by atoms with Crippen molar-refractivity contribution in [2.45, 2.75) is 31.3 Å². The lowest BCUT2D eigenvalue weighted by Gasteiger charge is -2.30. The standard InChI is InChI=1S/C7H17N3/c8-4-5-1-6(9)3-7(10)2-5/h5-7H,1-4,8-10H2/t5?,6-,7+. The monoisotopic (exact) mass is 143 g/mol. The van der Waals surface area contributed by atoms with E-state index in [9.17, 15) is 0 Å². The molecule has 10 heavy (non-hydrogen) atoms. The normalized spacial score (nSPS) is 41.7. The van der Waals surface area contributed by atoms with Gasteiger partial charge in [-0.05, 0) is 31.7 Å². The lowest BCUT2D eigenvalue weighted by Crippen LogP contribution is -2.41. The Hall–Kier alpha value is -0.120. The van der Waals surface area contributed by atoms with Crippen molar-refractivity contribution in [1.29, 1.82) is 0 Å². The van der Waals surface area contributed by atoms with Gasteiger partial charge in [0, 0.05) is 12.1 Å². The fourth-order valence-corrected chi connectivity index (χ4v) is 1.73. The Bertz CT molecular complexity index is 95.0. The molecule has 0 amide bonds. The Morgan fingerprint density at radius 2 is 1.50 bits per heavy atom. The first kappa shape index (κ1) is 7.98. The highest BCUT2D eigenvalue weighted by Crippen LogP contribution is 2.20. The maximum Gasteiger partial charge on any atom is 0.00566 e. The van der Waals surface area contributed by atoms with Crippen LogP contribution in [0.5, 0.6) is 0 Å².